The van der Waals surface area contributed by atoms with Gasteiger partial charge in [0.15, 0.2) is 5.78 Å². The van der Waals surface area contributed by atoms with Crippen LogP contribution in [0.1, 0.15) is 33.2 Å². The van der Waals surface area contributed by atoms with Gasteiger partial charge in [0.05, 0.1) is 21.8 Å². The third kappa shape index (κ3) is 4.70. The average Bonchev–Trinajstić information content (AvgIpc) is 2.68. The van der Waals surface area contributed by atoms with Crippen LogP contribution < -0.4 is 10.0 Å². The van der Waals surface area contributed by atoms with Crippen molar-refractivity contribution in [3.05, 3.63) is 89.5 Å². The molecule has 0 bridgehead atoms. The number of ketones is 1. The van der Waals surface area contributed by atoms with Crippen molar-refractivity contribution in [1.82, 2.24) is 0 Å². The standard InChI is InChI=1S/C22H20N2O4S/c1-15-11-13-17(14-12-15)29(27,28)24-21-10-6-4-8-19(21)22(26)23-20-9-5-3-7-18(20)16(2)25/h3-14,24H,1-2H3,(H,23,26). The zero-order valence-corrected chi connectivity index (χ0v) is 16.8. The van der Waals surface area contributed by atoms with Crippen LogP contribution in [0.3, 0.4) is 0 Å². The molecule has 0 aromatic heterocycles. The van der Waals surface area contributed by atoms with Gasteiger partial charge < -0.3 is 5.32 Å². The first kappa shape index (κ1) is 20.3. The smallest absolute Gasteiger partial charge is 0.261 e. The summed E-state index contributed by atoms with van der Waals surface area (Å²) in [6.45, 7) is 3.27. The minimum absolute atomic E-state index is 0.0974. The minimum Gasteiger partial charge on any atom is -0.321 e. The number of amides is 1. The van der Waals surface area contributed by atoms with Crippen LogP contribution in [0.2, 0.25) is 0 Å². The van der Waals surface area contributed by atoms with Gasteiger partial charge in [-0.05, 0) is 50.2 Å². The fourth-order valence-corrected chi connectivity index (χ4v) is 3.86. The fraction of sp³-hybridized carbons (Fsp3) is 0.0909. The summed E-state index contributed by atoms with van der Waals surface area (Å²) in [6, 6.07) is 19.3. The first-order chi connectivity index (χ1) is 13.8. The number of hydrogen-bond donors (Lipinski definition) is 2. The predicted molar refractivity (Wildman–Crippen MR) is 113 cm³/mol. The molecule has 0 unspecified atom stereocenters. The number of nitrogens with one attached hydrogen (secondary N) is 2. The first-order valence-electron chi connectivity index (χ1n) is 8.88. The zero-order valence-electron chi connectivity index (χ0n) is 16.0. The molecule has 6 nitrogen and oxygen atoms in total. The number of aryl methyl sites for hydroxylation is 1. The Labute approximate surface area is 169 Å². The van der Waals surface area contributed by atoms with Crippen molar-refractivity contribution >= 4 is 33.1 Å². The number of para-hydroxylation sites is 2. The maximum Gasteiger partial charge on any atom is 0.261 e. The summed E-state index contributed by atoms with van der Waals surface area (Å²) < 4.78 is 27.9. The molecule has 3 aromatic rings. The van der Waals surface area contributed by atoms with Crippen LogP contribution in [0.25, 0.3) is 0 Å². The van der Waals surface area contributed by atoms with Gasteiger partial charge in [-0.25, -0.2) is 8.42 Å². The molecule has 7 heteroatoms. The maximum absolute atomic E-state index is 12.8. The Balaban J connectivity index is 1.90. The monoisotopic (exact) mass is 408 g/mol. The first-order valence-corrected chi connectivity index (χ1v) is 10.4. The van der Waals surface area contributed by atoms with Crippen LogP contribution in [-0.4, -0.2) is 20.1 Å². The summed E-state index contributed by atoms with van der Waals surface area (Å²) in [5, 5.41) is 2.69. The predicted octanol–water partition coefficient (Wildman–Crippen LogP) is 4.25. The van der Waals surface area contributed by atoms with E-state index in [1.807, 2.05) is 6.92 Å². The third-order valence-corrected chi connectivity index (χ3v) is 5.68. The molecule has 29 heavy (non-hydrogen) atoms. The molecule has 0 saturated heterocycles. The molecule has 0 fully saturated rings. The van der Waals surface area contributed by atoms with E-state index in [1.54, 1.807) is 48.5 Å². The van der Waals surface area contributed by atoms with Crippen LogP contribution in [0.4, 0.5) is 11.4 Å². The van der Waals surface area contributed by atoms with E-state index < -0.39 is 15.9 Å². The highest BCUT2D eigenvalue weighted by atomic mass is 32.2. The molecule has 0 aliphatic carbocycles. The number of rotatable bonds is 6. The number of carbonyl (C=O) groups is 2. The summed E-state index contributed by atoms with van der Waals surface area (Å²) in [5.41, 5.74) is 1.96. The highest BCUT2D eigenvalue weighted by Gasteiger charge is 2.19. The Morgan fingerprint density at radius 1 is 0.759 bits per heavy atom. The van der Waals surface area contributed by atoms with E-state index in [0.717, 1.165) is 5.56 Å². The molecule has 0 atom stereocenters. The average molecular weight is 408 g/mol. The second-order valence-electron chi connectivity index (χ2n) is 6.52. The molecular formula is C22H20N2O4S. The highest BCUT2D eigenvalue weighted by molar-refractivity contribution is 7.92. The Morgan fingerprint density at radius 2 is 1.31 bits per heavy atom. The van der Waals surface area contributed by atoms with Crippen molar-refractivity contribution < 1.29 is 18.0 Å². The molecule has 0 saturated carbocycles. The van der Waals surface area contributed by atoms with Crippen LogP contribution in [0.5, 0.6) is 0 Å². The quantitative estimate of drug-likeness (QED) is 0.597. The van der Waals surface area contributed by atoms with Crippen molar-refractivity contribution in [3.8, 4) is 0 Å². The Hall–Kier alpha value is -3.45. The molecule has 0 aliphatic heterocycles. The SMILES string of the molecule is CC(=O)c1ccccc1NC(=O)c1ccccc1NS(=O)(=O)c1ccc(C)cc1. The lowest BCUT2D eigenvalue weighted by Gasteiger charge is -2.14. The van der Waals surface area contributed by atoms with Crippen LogP contribution in [-0.2, 0) is 10.0 Å². The van der Waals surface area contributed by atoms with Gasteiger partial charge in [0.2, 0.25) is 0 Å². The van der Waals surface area contributed by atoms with E-state index in [9.17, 15) is 18.0 Å². The summed E-state index contributed by atoms with van der Waals surface area (Å²) in [4.78, 5) is 24.7. The van der Waals surface area contributed by atoms with Crippen molar-refractivity contribution in [3.63, 3.8) is 0 Å². The molecule has 2 N–H and O–H groups in total. The van der Waals surface area contributed by atoms with Gasteiger partial charge in [0.1, 0.15) is 0 Å². The second kappa shape index (κ2) is 8.28. The van der Waals surface area contributed by atoms with Gasteiger partial charge in [0.25, 0.3) is 15.9 Å². The molecule has 0 aliphatic rings. The zero-order chi connectivity index (χ0) is 21.0. The van der Waals surface area contributed by atoms with Crippen LogP contribution in [0.15, 0.2) is 77.7 Å². The lowest BCUT2D eigenvalue weighted by Crippen LogP contribution is -2.19. The largest absolute Gasteiger partial charge is 0.321 e. The van der Waals surface area contributed by atoms with E-state index in [0.29, 0.717) is 11.3 Å². The number of anilines is 2. The van der Waals surface area contributed by atoms with Crippen LogP contribution >= 0.6 is 0 Å². The van der Waals surface area contributed by atoms with Crippen molar-refractivity contribution in [2.75, 3.05) is 10.0 Å². The van der Waals surface area contributed by atoms with Gasteiger partial charge in [-0.15, -0.1) is 0 Å². The van der Waals surface area contributed by atoms with Gasteiger partial charge >= 0.3 is 0 Å². The molecule has 3 aromatic carbocycles. The summed E-state index contributed by atoms with van der Waals surface area (Å²) >= 11 is 0. The summed E-state index contributed by atoms with van der Waals surface area (Å²) in [5.74, 6) is -0.713. The second-order valence-corrected chi connectivity index (χ2v) is 8.20. The molecule has 148 valence electrons. The van der Waals surface area contributed by atoms with E-state index in [2.05, 4.69) is 10.0 Å². The molecule has 1 amide bonds. The normalized spacial score (nSPS) is 11.0. The Morgan fingerprint density at radius 3 is 1.93 bits per heavy atom. The number of benzene rings is 3. The van der Waals surface area contributed by atoms with Crippen molar-refractivity contribution in [1.29, 1.82) is 0 Å². The van der Waals surface area contributed by atoms with Crippen molar-refractivity contribution in [2.45, 2.75) is 18.7 Å². The Bertz CT molecular complexity index is 1170. The van der Waals surface area contributed by atoms with E-state index in [4.69, 9.17) is 0 Å². The number of carbonyl (C=O) groups excluding carboxylic acids is 2. The van der Waals surface area contributed by atoms with Crippen molar-refractivity contribution in [2.24, 2.45) is 0 Å². The van der Waals surface area contributed by atoms with E-state index in [-0.39, 0.29) is 21.9 Å². The third-order valence-electron chi connectivity index (χ3n) is 4.30. The highest BCUT2D eigenvalue weighted by Crippen LogP contribution is 2.23. The number of sulfonamides is 1. The Kier molecular flexibility index (Phi) is 5.79. The number of hydrogen-bond acceptors (Lipinski definition) is 4. The molecule has 3 rings (SSSR count). The number of Topliss-reactive ketones (excluding diaryl/α,β-unsaturated/α-hetero) is 1. The van der Waals surface area contributed by atoms with Gasteiger partial charge in [-0.2, -0.15) is 0 Å². The lowest BCUT2D eigenvalue weighted by atomic mass is 10.1. The van der Waals surface area contributed by atoms with Gasteiger partial charge in [-0.3, -0.25) is 14.3 Å². The lowest BCUT2D eigenvalue weighted by molar-refractivity contribution is 0.101. The van der Waals surface area contributed by atoms with E-state index >= 15 is 0 Å². The summed E-state index contributed by atoms with van der Waals surface area (Å²) in [6.07, 6.45) is 0. The molecule has 0 heterocycles. The molecule has 0 radical (unpaired) electrons. The van der Waals surface area contributed by atoms with Crippen LogP contribution in [0, 0.1) is 6.92 Å². The minimum atomic E-state index is -3.86. The van der Waals surface area contributed by atoms with Gasteiger partial charge in [-0.1, -0.05) is 42.0 Å². The molecule has 0 spiro atoms. The fourth-order valence-electron chi connectivity index (χ4n) is 2.78. The topological polar surface area (TPSA) is 92.3 Å². The summed E-state index contributed by atoms with van der Waals surface area (Å²) in [7, 11) is -3.86. The van der Waals surface area contributed by atoms with Gasteiger partial charge in [0, 0.05) is 5.56 Å². The maximum atomic E-state index is 12.8. The molecular weight excluding hydrogens is 388 g/mol. The van der Waals surface area contributed by atoms with E-state index in [1.165, 1.54) is 31.2 Å².